The minimum Gasteiger partial charge on any atom is -0.403 e. The Kier molecular flexibility index (Phi) is 4.51. The lowest BCUT2D eigenvalue weighted by atomic mass is 10.1. The summed E-state index contributed by atoms with van der Waals surface area (Å²) in [5, 5.41) is 22.6. The molecule has 10 nitrogen and oxygen atoms in total. The maximum Gasteiger partial charge on any atom is 0.530 e. The van der Waals surface area contributed by atoms with E-state index in [1.165, 1.54) is 0 Å². The Morgan fingerprint density at radius 2 is 2.29 bits per heavy atom. The van der Waals surface area contributed by atoms with E-state index in [9.17, 15) is 24.0 Å². The van der Waals surface area contributed by atoms with Crippen LogP contribution in [-0.2, 0) is 29.8 Å². The van der Waals surface area contributed by atoms with Crippen molar-refractivity contribution in [3.05, 3.63) is 53.8 Å². The molecule has 0 spiro atoms. The molecular formula is C18H19F2N2O8P. The molecule has 1 unspecified atom stereocenters. The number of fused-ring (bicyclic) bond motifs is 1. The zero-order chi connectivity index (χ0) is 25.3. The van der Waals surface area contributed by atoms with Gasteiger partial charge in [0, 0.05) is 11.8 Å². The Hall–Kier alpha value is -2.34. The third-order valence-corrected chi connectivity index (χ3v) is 5.77. The van der Waals surface area contributed by atoms with Gasteiger partial charge in [-0.1, -0.05) is 24.8 Å². The Balaban J connectivity index is 1.64. The van der Waals surface area contributed by atoms with Crippen LogP contribution in [0.15, 0.2) is 42.6 Å². The maximum absolute atomic E-state index is 15.8. The van der Waals surface area contributed by atoms with Crippen LogP contribution in [0.1, 0.15) is 15.2 Å². The molecule has 0 aliphatic carbocycles. The molecule has 3 heterocycles. The Morgan fingerprint density at radius 3 is 3.03 bits per heavy atom. The molecule has 4 rings (SSSR count). The van der Waals surface area contributed by atoms with Gasteiger partial charge in [-0.3, -0.25) is 13.8 Å². The van der Waals surface area contributed by atoms with Gasteiger partial charge < -0.3 is 29.7 Å². The van der Waals surface area contributed by atoms with E-state index in [1.807, 2.05) is 5.32 Å². The predicted molar refractivity (Wildman–Crippen MR) is 99.2 cm³/mol. The van der Waals surface area contributed by atoms with Gasteiger partial charge in [0.2, 0.25) is 5.83 Å². The van der Waals surface area contributed by atoms with Crippen LogP contribution in [-0.4, -0.2) is 51.8 Å². The van der Waals surface area contributed by atoms with Crippen molar-refractivity contribution in [3.63, 3.8) is 0 Å². The molecular weight excluding hydrogens is 441 g/mol. The molecule has 1 aromatic carbocycles. The topological polar surface area (TPSA) is 127 Å². The molecule has 1 fully saturated rings. The summed E-state index contributed by atoms with van der Waals surface area (Å²) in [5.41, 5.74) is 0.959. The highest BCUT2D eigenvalue weighted by Gasteiger charge is 2.58. The van der Waals surface area contributed by atoms with Crippen LogP contribution in [0.25, 0.3) is 0 Å². The number of alkyl halides is 1. The van der Waals surface area contributed by atoms with Crippen LogP contribution in [0.5, 0.6) is 5.75 Å². The zero-order valence-corrected chi connectivity index (χ0v) is 16.8. The number of carbonyl (C=O) groups is 1. The highest BCUT2D eigenvalue weighted by Crippen LogP contribution is 2.56. The van der Waals surface area contributed by atoms with Gasteiger partial charge in [-0.2, -0.15) is 4.39 Å². The number of amides is 1. The van der Waals surface area contributed by atoms with Gasteiger partial charge in [0.15, 0.2) is 6.20 Å². The summed E-state index contributed by atoms with van der Waals surface area (Å²) >= 11 is 0. The molecule has 13 heteroatoms. The number of phosphoric acid groups is 1. The van der Waals surface area contributed by atoms with Crippen molar-refractivity contribution in [2.45, 2.75) is 37.8 Å². The quantitative estimate of drug-likeness (QED) is 0.569. The van der Waals surface area contributed by atoms with E-state index in [1.54, 1.807) is 25.1 Å². The number of hydrogen-bond donors (Lipinski definition) is 3. The van der Waals surface area contributed by atoms with Crippen LogP contribution in [0.4, 0.5) is 8.78 Å². The lowest BCUT2D eigenvalue weighted by Crippen LogP contribution is -2.47. The normalized spacial score (nSPS) is 39.6. The largest absolute Gasteiger partial charge is 0.530 e. The smallest absolute Gasteiger partial charge is 0.403 e. The summed E-state index contributed by atoms with van der Waals surface area (Å²) in [7, 11) is -4.85. The molecule has 0 saturated carbocycles. The average Bonchev–Trinajstić information content (AvgIpc) is 2.93. The molecule has 168 valence electrons. The van der Waals surface area contributed by atoms with E-state index >= 15 is 4.39 Å². The van der Waals surface area contributed by atoms with Crippen LogP contribution in [0, 0.1) is 6.92 Å². The van der Waals surface area contributed by atoms with Gasteiger partial charge in [-0.25, -0.2) is 8.96 Å². The summed E-state index contributed by atoms with van der Waals surface area (Å²) < 4.78 is 86.6. The number of rotatable bonds is 4. The average molecular weight is 463 g/mol. The lowest BCUT2D eigenvalue weighted by molar-refractivity contribution is -0.208. The monoisotopic (exact) mass is 463 g/mol. The number of benzene rings is 1. The number of para-hydroxylation sites is 1. The molecule has 0 bridgehead atoms. The van der Waals surface area contributed by atoms with Crippen molar-refractivity contribution >= 4 is 13.7 Å². The fraction of sp³-hybridized carbons (Fsp3) is 0.389. The first-order valence-electron chi connectivity index (χ1n) is 10.3. The summed E-state index contributed by atoms with van der Waals surface area (Å²) in [6.45, 7) is 0.744. The molecule has 3 N–H and O–H groups in total. The highest BCUT2D eigenvalue weighted by molar-refractivity contribution is 7.49. The number of aliphatic hydroxyl groups is 2. The lowest BCUT2D eigenvalue weighted by Gasteiger charge is -2.33. The second-order valence-corrected chi connectivity index (χ2v) is 8.31. The fourth-order valence-electron chi connectivity index (χ4n) is 2.99. The molecule has 1 saturated heterocycles. The third kappa shape index (κ3) is 3.86. The first-order chi connectivity index (χ1) is 15.6. The highest BCUT2D eigenvalue weighted by atomic mass is 31.2. The van der Waals surface area contributed by atoms with Crippen molar-refractivity contribution in [2.24, 2.45) is 0 Å². The van der Waals surface area contributed by atoms with Crippen molar-refractivity contribution in [2.75, 3.05) is 6.56 Å². The van der Waals surface area contributed by atoms with Gasteiger partial charge in [0.25, 0.3) is 11.8 Å². The Morgan fingerprint density at radius 1 is 1.55 bits per heavy atom. The molecule has 0 radical (unpaired) electrons. The first-order valence-corrected chi connectivity index (χ1v) is 10.3. The SMILES string of the molecule is [2H]C([2H])(OP1(=O)OCc2cccc(C)c2O1)[C@@]1(F)O[C@@]([2H])(N2C=C(F)C(=O)NC2=C)[C@H](O)[C@@H]1O. The van der Waals surface area contributed by atoms with E-state index < -0.39 is 56.2 Å². The van der Waals surface area contributed by atoms with Gasteiger partial charge in [-0.05, 0) is 12.5 Å². The third-order valence-electron chi connectivity index (χ3n) is 4.60. The second kappa shape index (κ2) is 7.66. The molecule has 3 aliphatic heterocycles. The van der Waals surface area contributed by atoms with Crippen LogP contribution >= 0.6 is 7.82 Å². The van der Waals surface area contributed by atoms with Gasteiger partial charge in [-0.15, -0.1) is 0 Å². The van der Waals surface area contributed by atoms with Crippen LogP contribution in [0.3, 0.4) is 0 Å². The summed E-state index contributed by atoms with van der Waals surface area (Å²) in [6.07, 6.45) is -8.18. The van der Waals surface area contributed by atoms with E-state index in [0.717, 1.165) is 0 Å². The summed E-state index contributed by atoms with van der Waals surface area (Å²) in [6, 6.07) is 4.86. The Bertz CT molecular complexity index is 1160. The number of halogens is 2. The number of nitrogens with zero attached hydrogens (tertiary/aromatic N) is 1. The van der Waals surface area contributed by atoms with Crippen molar-refractivity contribution in [1.82, 2.24) is 10.2 Å². The number of carbonyl (C=O) groups excluding carboxylic acids is 1. The zero-order valence-electron chi connectivity index (χ0n) is 18.9. The molecule has 5 atom stereocenters. The molecule has 1 aromatic rings. The number of nitrogens with one attached hydrogen (secondary N) is 1. The summed E-state index contributed by atoms with van der Waals surface area (Å²) in [5.74, 6) is -7.26. The van der Waals surface area contributed by atoms with E-state index in [4.69, 9.17) is 22.4 Å². The van der Waals surface area contributed by atoms with Gasteiger partial charge in [0.05, 0.1) is 10.7 Å². The van der Waals surface area contributed by atoms with Crippen molar-refractivity contribution in [3.8, 4) is 5.75 Å². The van der Waals surface area contributed by atoms with Crippen LogP contribution < -0.4 is 9.84 Å². The van der Waals surface area contributed by atoms with E-state index in [2.05, 4.69) is 6.58 Å². The van der Waals surface area contributed by atoms with E-state index in [0.29, 0.717) is 22.2 Å². The molecule has 31 heavy (non-hydrogen) atoms. The predicted octanol–water partition coefficient (Wildman–Crippen LogP) is 1.49. The second-order valence-electron chi connectivity index (χ2n) is 6.79. The number of aliphatic hydroxyl groups excluding tert-OH is 2. The van der Waals surface area contributed by atoms with E-state index in [-0.39, 0.29) is 12.4 Å². The van der Waals surface area contributed by atoms with Crippen molar-refractivity contribution in [1.29, 1.82) is 0 Å². The number of hydrogen-bond acceptors (Lipinski definition) is 9. The fourth-order valence-corrected chi connectivity index (χ4v) is 4.15. The number of phosphoric ester groups is 1. The molecule has 1 amide bonds. The minimum absolute atomic E-state index is 0.0597. The number of aryl methyl sites for hydroxylation is 1. The van der Waals surface area contributed by atoms with Gasteiger partial charge in [0.1, 0.15) is 30.3 Å². The molecule has 0 aromatic heterocycles. The van der Waals surface area contributed by atoms with Gasteiger partial charge >= 0.3 is 7.82 Å². The van der Waals surface area contributed by atoms with Crippen molar-refractivity contribution < 1.29 is 50.8 Å². The summed E-state index contributed by atoms with van der Waals surface area (Å²) in [4.78, 5) is 11.7. The van der Waals surface area contributed by atoms with Crippen LogP contribution in [0.2, 0.25) is 0 Å². The maximum atomic E-state index is 15.8. The Labute approximate surface area is 179 Å². The first kappa shape index (κ1) is 18.3. The minimum atomic E-state index is -4.85. The molecule has 3 aliphatic rings. The number of ether oxygens (including phenoxy) is 1. The standard InChI is InChI=1S/C18H19F2N2O8P/c1-9-4-3-5-11-7-27-31(26,30-14(9)11)28-8-18(20)15(24)13(23)17(29-18)22-6-12(19)16(25)21-10(22)2/h3-6,13,15,17,23-24H,2,7-8H2,1H3,(H,21,25)/t13-,15+,17-,18-,31?/m1/s1/i8D2,17D.